The maximum atomic E-state index is 11.6. The van der Waals surface area contributed by atoms with Crippen LogP contribution in [0.5, 0.6) is 0 Å². The number of non-ortho nitro benzene ring substituents is 1. The summed E-state index contributed by atoms with van der Waals surface area (Å²) < 4.78 is 23.2. The van der Waals surface area contributed by atoms with Gasteiger partial charge in [-0.2, -0.15) is 0 Å². The Bertz CT molecular complexity index is 535. The van der Waals surface area contributed by atoms with Crippen LogP contribution in [-0.4, -0.2) is 24.3 Å². The van der Waals surface area contributed by atoms with E-state index in [1.54, 1.807) is 19.1 Å². The fourth-order valence-electron chi connectivity index (χ4n) is 1.98. The first-order valence-corrected chi connectivity index (χ1v) is 7.13. The van der Waals surface area contributed by atoms with Crippen LogP contribution in [0, 0.1) is 10.1 Å². The summed E-state index contributed by atoms with van der Waals surface area (Å²) in [6.45, 7) is 1.64. The third kappa shape index (κ3) is 2.31. The van der Waals surface area contributed by atoms with Gasteiger partial charge in [0.2, 0.25) is 0 Å². The van der Waals surface area contributed by atoms with Gasteiger partial charge >= 0.3 is 0 Å². The number of rotatable bonds is 4. The van der Waals surface area contributed by atoms with Crippen molar-refractivity contribution in [2.45, 2.75) is 24.5 Å². The van der Waals surface area contributed by atoms with Crippen molar-refractivity contribution in [3.63, 3.8) is 0 Å². The van der Waals surface area contributed by atoms with Crippen LogP contribution in [0.4, 0.5) is 5.69 Å². The zero-order chi connectivity index (χ0) is 12.6. The molecule has 1 aromatic carbocycles. The van der Waals surface area contributed by atoms with E-state index in [1.165, 1.54) is 12.1 Å². The van der Waals surface area contributed by atoms with Crippen molar-refractivity contribution in [2.75, 3.05) is 5.75 Å². The highest BCUT2D eigenvalue weighted by molar-refractivity contribution is 7.92. The van der Waals surface area contributed by atoms with Crippen LogP contribution in [0.1, 0.15) is 24.8 Å². The maximum absolute atomic E-state index is 11.6. The van der Waals surface area contributed by atoms with E-state index < -0.39 is 14.8 Å². The number of nitrogens with zero attached hydrogens (tertiary/aromatic N) is 1. The fourth-order valence-corrected chi connectivity index (χ4v) is 3.56. The second-order valence-corrected chi connectivity index (χ2v) is 6.69. The lowest BCUT2D eigenvalue weighted by atomic mass is 10.1. The van der Waals surface area contributed by atoms with Crippen molar-refractivity contribution in [3.8, 4) is 0 Å². The minimum Gasteiger partial charge on any atom is -0.258 e. The highest BCUT2D eigenvalue weighted by Gasteiger charge is 2.46. The summed E-state index contributed by atoms with van der Waals surface area (Å²) in [5.41, 5.74) is 0.905. The maximum Gasteiger partial charge on any atom is 0.269 e. The second-order valence-electron chi connectivity index (χ2n) is 4.18. The molecule has 17 heavy (non-hydrogen) atoms. The second kappa shape index (κ2) is 4.10. The number of nitro benzene ring substituents is 1. The van der Waals surface area contributed by atoms with E-state index in [-0.39, 0.29) is 22.6 Å². The number of benzene rings is 1. The quantitative estimate of drug-likeness (QED) is 0.608. The van der Waals surface area contributed by atoms with Crippen molar-refractivity contribution in [1.29, 1.82) is 0 Å². The molecule has 1 aliphatic rings. The zero-order valence-electron chi connectivity index (χ0n) is 9.37. The number of hydrogen-bond acceptors (Lipinski definition) is 4. The molecule has 0 N–H and O–H groups in total. The highest BCUT2D eigenvalue weighted by Crippen LogP contribution is 2.46. The molecule has 0 spiro atoms. The first-order valence-electron chi connectivity index (χ1n) is 5.41. The lowest BCUT2D eigenvalue weighted by molar-refractivity contribution is -0.384. The molecule has 0 heterocycles. The van der Waals surface area contributed by atoms with Crippen LogP contribution < -0.4 is 0 Å². The van der Waals surface area contributed by atoms with Crippen LogP contribution in [0.25, 0.3) is 0 Å². The standard InChI is InChI=1S/C11H13NO4S/c1-2-17(15,16)11-7-10(11)8-3-5-9(6-4-8)12(13)14/h3-6,10-11H,2,7H2,1H3/t10-,11-/m1/s1. The SMILES string of the molecule is CCS(=O)(=O)[C@@H]1C[C@@H]1c1ccc([N+](=O)[O-])cc1. The Labute approximate surface area is 99.5 Å². The molecule has 0 radical (unpaired) electrons. The van der Waals surface area contributed by atoms with E-state index in [9.17, 15) is 18.5 Å². The summed E-state index contributed by atoms with van der Waals surface area (Å²) in [5.74, 6) is 0.169. The Balaban J connectivity index is 2.14. The normalized spacial score (nSPS) is 23.4. The van der Waals surface area contributed by atoms with Gasteiger partial charge in [-0.05, 0) is 12.0 Å². The summed E-state index contributed by atoms with van der Waals surface area (Å²) in [7, 11) is -2.98. The first-order chi connectivity index (χ1) is 7.95. The lowest BCUT2D eigenvalue weighted by Gasteiger charge is -2.00. The predicted molar refractivity (Wildman–Crippen MR) is 63.7 cm³/mol. The molecule has 0 saturated heterocycles. The molecule has 0 amide bonds. The van der Waals surface area contributed by atoms with Gasteiger partial charge in [-0.25, -0.2) is 8.42 Å². The number of hydrogen-bond donors (Lipinski definition) is 0. The molecule has 92 valence electrons. The van der Waals surface area contributed by atoms with Crippen LogP contribution in [-0.2, 0) is 9.84 Å². The smallest absolute Gasteiger partial charge is 0.258 e. The molecule has 1 fully saturated rings. The molecule has 0 bridgehead atoms. The van der Waals surface area contributed by atoms with E-state index in [0.717, 1.165) is 5.56 Å². The molecule has 2 rings (SSSR count). The van der Waals surface area contributed by atoms with E-state index in [2.05, 4.69) is 0 Å². The third-order valence-electron chi connectivity index (χ3n) is 3.13. The van der Waals surface area contributed by atoms with Gasteiger partial charge in [-0.1, -0.05) is 19.1 Å². The molecule has 1 aromatic rings. The summed E-state index contributed by atoms with van der Waals surface area (Å²) in [5, 5.41) is 10.2. The average molecular weight is 255 g/mol. The number of sulfone groups is 1. The van der Waals surface area contributed by atoms with Gasteiger partial charge in [0.15, 0.2) is 9.84 Å². The summed E-state index contributed by atoms with van der Waals surface area (Å²) in [4.78, 5) is 10.0. The lowest BCUT2D eigenvalue weighted by Crippen LogP contribution is -2.10. The minimum atomic E-state index is -2.98. The average Bonchev–Trinajstić information content (AvgIpc) is 3.10. The van der Waals surface area contributed by atoms with Crippen LogP contribution in [0.3, 0.4) is 0 Å². The Morgan fingerprint density at radius 3 is 2.41 bits per heavy atom. The molecule has 0 aliphatic heterocycles. The van der Waals surface area contributed by atoms with Crippen molar-refractivity contribution < 1.29 is 13.3 Å². The Kier molecular flexibility index (Phi) is 2.91. The van der Waals surface area contributed by atoms with Gasteiger partial charge in [-0.15, -0.1) is 0 Å². The molecule has 6 heteroatoms. The Morgan fingerprint density at radius 2 is 1.94 bits per heavy atom. The molecule has 2 atom stereocenters. The molecule has 0 unspecified atom stereocenters. The highest BCUT2D eigenvalue weighted by atomic mass is 32.2. The van der Waals surface area contributed by atoms with E-state index >= 15 is 0 Å². The fraction of sp³-hybridized carbons (Fsp3) is 0.455. The Hall–Kier alpha value is -1.43. The van der Waals surface area contributed by atoms with Gasteiger partial charge in [0, 0.05) is 23.8 Å². The van der Waals surface area contributed by atoms with E-state index in [0.29, 0.717) is 6.42 Å². The van der Waals surface area contributed by atoms with Crippen molar-refractivity contribution >= 4 is 15.5 Å². The molecular weight excluding hydrogens is 242 g/mol. The molecule has 0 aromatic heterocycles. The third-order valence-corrected chi connectivity index (χ3v) is 5.38. The monoisotopic (exact) mass is 255 g/mol. The van der Waals surface area contributed by atoms with Crippen molar-refractivity contribution in [3.05, 3.63) is 39.9 Å². The van der Waals surface area contributed by atoms with E-state index in [4.69, 9.17) is 0 Å². The van der Waals surface area contributed by atoms with Gasteiger partial charge < -0.3 is 0 Å². The molecular formula is C11H13NO4S. The first kappa shape index (κ1) is 12.0. The largest absolute Gasteiger partial charge is 0.269 e. The summed E-state index contributed by atoms with van der Waals surface area (Å²) in [6.07, 6.45) is 0.633. The van der Waals surface area contributed by atoms with Crippen LogP contribution >= 0.6 is 0 Å². The minimum absolute atomic E-state index is 0.0146. The topological polar surface area (TPSA) is 77.3 Å². The molecule has 1 aliphatic carbocycles. The van der Waals surface area contributed by atoms with Crippen LogP contribution in [0.2, 0.25) is 0 Å². The van der Waals surface area contributed by atoms with E-state index in [1.807, 2.05) is 0 Å². The zero-order valence-corrected chi connectivity index (χ0v) is 10.2. The van der Waals surface area contributed by atoms with Gasteiger partial charge in [0.25, 0.3) is 5.69 Å². The van der Waals surface area contributed by atoms with Gasteiger partial charge in [0.1, 0.15) is 0 Å². The predicted octanol–water partition coefficient (Wildman–Crippen LogP) is 1.89. The van der Waals surface area contributed by atoms with Crippen LogP contribution in [0.15, 0.2) is 24.3 Å². The van der Waals surface area contributed by atoms with Gasteiger partial charge in [0.05, 0.1) is 10.2 Å². The van der Waals surface area contributed by atoms with Crippen molar-refractivity contribution in [1.82, 2.24) is 0 Å². The molecule has 1 saturated carbocycles. The van der Waals surface area contributed by atoms with Gasteiger partial charge in [-0.3, -0.25) is 10.1 Å². The summed E-state index contributed by atoms with van der Waals surface area (Å²) in [6, 6.07) is 6.13. The summed E-state index contributed by atoms with van der Waals surface area (Å²) >= 11 is 0. The molecule has 5 nitrogen and oxygen atoms in total. The van der Waals surface area contributed by atoms with Crippen molar-refractivity contribution in [2.24, 2.45) is 0 Å². The Morgan fingerprint density at radius 1 is 1.35 bits per heavy atom. The number of nitro groups is 1.